The van der Waals surface area contributed by atoms with Gasteiger partial charge in [-0.25, -0.2) is 0 Å². The molecule has 11 aromatic rings. The highest BCUT2D eigenvalue weighted by atomic mass is 32.1. The Morgan fingerprint density at radius 3 is 2.00 bits per heavy atom. The molecular formula is C46H28N2OS. The lowest BCUT2D eigenvalue weighted by molar-refractivity contribution is 0.672. The van der Waals surface area contributed by atoms with E-state index in [-0.39, 0.29) is 0 Å². The van der Waals surface area contributed by atoms with Gasteiger partial charge in [0.25, 0.3) is 0 Å². The second kappa shape index (κ2) is 10.6. The largest absolute Gasteiger partial charge is 0.455 e. The molecule has 0 atom stereocenters. The molecule has 0 aliphatic heterocycles. The van der Waals surface area contributed by atoms with E-state index < -0.39 is 0 Å². The number of anilines is 3. The zero-order valence-corrected chi connectivity index (χ0v) is 27.7. The van der Waals surface area contributed by atoms with E-state index in [4.69, 9.17) is 4.42 Å². The minimum absolute atomic E-state index is 0.899. The highest BCUT2D eigenvalue weighted by Crippen LogP contribution is 2.49. The van der Waals surface area contributed by atoms with Crippen molar-refractivity contribution in [2.75, 3.05) is 4.90 Å². The maximum Gasteiger partial charge on any atom is 0.143 e. The van der Waals surface area contributed by atoms with Crippen LogP contribution >= 0.6 is 11.3 Å². The lowest BCUT2D eigenvalue weighted by atomic mass is 10.0. The van der Waals surface area contributed by atoms with Crippen LogP contribution in [0.4, 0.5) is 17.1 Å². The van der Waals surface area contributed by atoms with E-state index in [1.165, 1.54) is 42.0 Å². The van der Waals surface area contributed by atoms with E-state index in [9.17, 15) is 0 Å². The molecule has 0 fully saturated rings. The van der Waals surface area contributed by atoms with Crippen LogP contribution in [0.3, 0.4) is 0 Å². The molecule has 234 valence electrons. The number of aromatic nitrogens is 1. The summed E-state index contributed by atoms with van der Waals surface area (Å²) in [7, 11) is 0. The van der Waals surface area contributed by atoms with Gasteiger partial charge in [-0.15, -0.1) is 11.3 Å². The molecule has 0 spiro atoms. The fourth-order valence-corrected chi connectivity index (χ4v) is 9.14. The smallest absolute Gasteiger partial charge is 0.143 e. The molecule has 3 heterocycles. The zero-order chi connectivity index (χ0) is 32.8. The molecule has 0 aliphatic rings. The SMILES string of the molecule is c1ccc(-n2c3ccccc3c3ccc(N(c4cc5c6ccccc6oc5c5ccccc45)c4cccc5sc6ccccc6c45)cc32)cc1. The van der Waals surface area contributed by atoms with Gasteiger partial charge in [-0.3, -0.25) is 0 Å². The Bertz CT molecular complexity index is 3110. The van der Waals surface area contributed by atoms with Crippen LogP contribution < -0.4 is 4.90 Å². The number of furan rings is 1. The molecule has 11 rings (SSSR count). The number of hydrogen-bond donors (Lipinski definition) is 0. The maximum atomic E-state index is 6.56. The highest BCUT2D eigenvalue weighted by molar-refractivity contribution is 7.26. The monoisotopic (exact) mass is 656 g/mol. The summed E-state index contributed by atoms with van der Waals surface area (Å²) in [4.78, 5) is 2.48. The third kappa shape index (κ3) is 3.91. The van der Waals surface area contributed by atoms with Crippen molar-refractivity contribution in [3.63, 3.8) is 0 Å². The van der Waals surface area contributed by atoms with Crippen molar-refractivity contribution in [1.29, 1.82) is 0 Å². The molecule has 0 bridgehead atoms. The molecule has 4 heteroatoms. The molecule has 0 amide bonds. The van der Waals surface area contributed by atoms with Crippen molar-refractivity contribution in [2.45, 2.75) is 0 Å². The van der Waals surface area contributed by atoms with E-state index in [2.05, 4.69) is 173 Å². The van der Waals surface area contributed by atoms with E-state index in [1.807, 2.05) is 17.4 Å². The summed E-state index contributed by atoms with van der Waals surface area (Å²) in [6.45, 7) is 0. The van der Waals surface area contributed by atoms with Crippen molar-refractivity contribution in [2.24, 2.45) is 0 Å². The summed E-state index contributed by atoms with van der Waals surface area (Å²) in [6.07, 6.45) is 0. The summed E-state index contributed by atoms with van der Waals surface area (Å²) >= 11 is 1.85. The Balaban J connectivity index is 1.30. The number of para-hydroxylation sites is 3. The highest BCUT2D eigenvalue weighted by Gasteiger charge is 2.24. The van der Waals surface area contributed by atoms with E-state index in [0.29, 0.717) is 0 Å². The average Bonchev–Trinajstić information content (AvgIpc) is 3.85. The van der Waals surface area contributed by atoms with Crippen LogP contribution in [0.15, 0.2) is 174 Å². The number of benzene rings is 8. The van der Waals surface area contributed by atoms with E-state index in [0.717, 1.165) is 55.5 Å². The fraction of sp³-hybridized carbons (Fsp3) is 0. The van der Waals surface area contributed by atoms with Gasteiger partial charge in [0.05, 0.1) is 22.4 Å². The van der Waals surface area contributed by atoms with Gasteiger partial charge in [0.2, 0.25) is 0 Å². The van der Waals surface area contributed by atoms with Crippen LogP contribution in [0.1, 0.15) is 0 Å². The zero-order valence-electron chi connectivity index (χ0n) is 26.9. The van der Waals surface area contributed by atoms with Gasteiger partial charge in [0.1, 0.15) is 11.2 Å². The summed E-state index contributed by atoms with van der Waals surface area (Å²) in [6, 6.07) is 61.3. The summed E-state index contributed by atoms with van der Waals surface area (Å²) in [5, 5.41) is 9.47. The van der Waals surface area contributed by atoms with Crippen LogP contribution in [-0.2, 0) is 0 Å². The Morgan fingerprint density at radius 1 is 0.440 bits per heavy atom. The molecule has 0 unspecified atom stereocenters. The van der Waals surface area contributed by atoms with Crippen LogP contribution in [0.5, 0.6) is 0 Å². The van der Waals surface area contributed by atoms with Gasteiger partial charge in [-0.2, -0.15) is 0 Å². The van der Waals surface area contributed by atoms with Crippen LogP contribution in [0, 0.1) is 0 Å². The fourth-order valence-electron chi connectivity index (χ4n) is 8.02. The Kier molecular flexibility index (Phi) is 5.83. The van der Waals surface area contributed by atoms with Gasteiger partial charge in [-0.05, 0) is 60.7 Å². The predicted molar refractivity (Wildman–Crippen MR) is 213 cm³/mol. The van der Waals surface area contributed by atoms with Crippen LogP contribution in [0.2, 0.25) is 0 Å². The summed E-state index contributed by atoms with van der Waals surface area (Å²) in [5.41, 5.74) is 8.69. The first-order chi connectivity index (χ1) is 24.8. The number of nitrogens with zero attached hydrogens (tertiary/aromatic N) is 2. The van der Waals surface area contributed by atoms with Gasteiger partial charge in [0.15, 0.2) is 0 Å². The van der Waals surface area contributed by atoms with E-state index >= 15 is 0 Å². The lowest BCUT2D eigenvalue weighted by Gasteiger charge is -2.28. The van der Waals surface area contributed by atoms with Crippen LogP contribution in [0.25, 0.3) is 80.4 Å². The number of fused-ring (bicyclic) bond motifs is 11. The third-order valence-electron chi connectivity index (χ3n) is 10.2. The first-order valence-electron chi connectivity index (χ1n) is 16.9. The Labute approximate surface area is 291 Å². The molecule has 0 aliphatic carbocycles. The summed E-state index contributed by atoms with van der Waals surface area (Å²) in [5.74, 6) is 0. The molecule has 0 N–H and O–H groups in total. The van der Waals surface area contributed by atoms with Crippen molar-refractivity contribution in [1.82, 2.24) is 4.57 Å². The van der Waals surface area contributed by atoms with Crippen molar-refractivity contribution in [3.8, 4) is 5.69 Å². The molecule has 3 nitrogen and oxygen atoms in total. The number of rotatable bonds is 4. The second-order valence-corrected chi connectivity index (χ2v) is 14.0. The topological polar surface area (TPSA) is 21.3 Å². The van der Waals surface area contributed by atoms with Crippen molar-refractivity contribution in [3.05, 3.63) is 170 Å². The van der Waals surface area contributed by atoms with Crippen LogP contribution in [-0.4, -0.2) is 4.57 Å². The van der Waals surface area contributed by atoms with Crippen molar-refractivity contribution >= 4 is 103 Å². The minimum atomic E-state index is 0.899. The first-order valence-corrected chi connectivity index (χ1v) is 17.8. The minimum Gasteiger partial charge on any atom is -0.455 e. The molecular weight excluding hydrogens is 629 g/mol. The second-order valence-electron chi connectivity index (χ2n) is 12.9. The number of thiophene rings is 1. The molecule has 8 aromatic carbocycles. The number of hydrogen-bond acceptors (Lipinski definition) is 3. The molecule has 50 heavy (non-hydrogen) atoms. The van der Waals surface area contributed by atoms with Gasteiger partial charge < -0.3 is 13.9 Å². The Morgan fingerprint density at radius 2 is 1.12 bits per heavy atom. The average molecular weight is 657 g/mol. The molecule has 0 saturated heterocycles. The van der Waals surface area contributed by atoms with Gasteiger partial charge >= 0.3 is 0 Å². The van der Waals surface area contributed by atoms with Crippen molar-refractivity contribution < 1.29 is 4.42 Å². The normalized spacial score (nSPS) is 12.0. The molecule has 0 radical (unpaired) electrons. The standard InChI is InChI=1S/C46H28N2OS/c1-2-13-29(14-3-1)47-38-20-9-6-15-31(38)33-26-25-30(27-40(33)47)48(39-21-12-24-44-45(39)36-19-8-11-23-43(36)50-44)41-28-37-34-17-7-10-22-42(34)49-46(37)35-18-5-4-16-32(35)41/h1-28H. The Hall–Kier alpha value is -6.36. The molecule has 3 aromatic heterocycles. The maximum absolute atomic E-state index is 6.56. The lowest BCUT2D eigenvalue weighted by Crippen LogP contribution is -2.11. The summed E-state index contributed by atoms with van der Waals surface area (Å²) < 4.78 is 11.5. The first kappa shape index (κ1) is 27.6. The third-order valence-corrected chi connectivity index (χ3v) is 11.3. The molecule has 0 saturated carbocycles. The van der Waals surface area contributed by atoms with Gasteiger partial charge in [0, 0.05) is 63.9 Å². The van der Waals surface area contributed by atoms with Gasteiger partial charge in [-0.1, -0.05) is 109 Å². The quantitative estimate of drug-likeness (QED) is 0.188. The predicted octanol–water partition coefficient (Wildman–Crippen LogP) is 13.7. The van der Waals surface area contributed by atoms with E-state index in [1.54, 1.807) is 0 Å².